The van der Waals surface area contributed by atoms with E-state index in [0.717, 1.165) is 12.8 Å². The summed E-state index contributed by atoms with van der Waals surface area (Å²) >= 11 is 0. The van der Waals surface area contributed by atoms with Crippen molar-refractivity contribution < 1.29 is 13.5 Å². The Hall–Kier alpha value is -0.920. The molecule has 0 unspecified atom stereocenters. The average Bonchev–Trinajstić information content (AvgIpc) is 2.97. The zero-order chi connectivity index (χ0) is 12.3. The normalized spacial score (nSPS) is 24.6. The largest absolute Gasteiger partial charge is 0.387 e. The summed E-state index contributed by atoms with van der Waals surface area (Å²) in [6.45, 7) is 0.434. The molecule has 17 heavy (non-hydrogen) atoms. The van der Waals surface area contributed by atoms with Crippen LogP contribution in [0.1, 0.15) is 12.8 Å². The highest BCUT2D eigenvalue weighted by Crippen LogP contribution is 2.45. The van der Waals surface area contributed by atoms with Gasteiger partial charge in [0, 0.05) is 26.3 Å². The maximum atomic E-state index is 12.1. The zero-order valence-electron chi connectivity index (χ0n) is 9.57. The van der Waals surface area contributed by atoms with Crippen molar-refractivity contribution in [1.82, 2.24) is 14.1 Å². The lowest BCUT2D eigenvalue weighted by atomic mass is 9.91. The summed E-state index contributed by atoms with van der Waals surface area (Å²) in [5, 5.41) is 14.0. The Kier molecular flexibility index (Phi) is 2.17. The van der Waals surface area contributed by atoms with Crippen molar-refractivity contribution in [2.75, 3.05) is 13.1 Å². The molecule has 1 aliphatic carbocycles. The highest BCUT2D eigenvalue weighted by molar-refractivity contribution is 7.89. The van der Waals surface area contributed by atoms with E-state index in [4.69, 9.17) is 0 Å². The molecule has 0 radical (unpaired) electrons. The number of aryl methyl sites for hydroxylation is 1. The molecule has 6 nitrogen and oxygen atoms in total. The van der Waals surface area contributed by atoms with E-state index in [-0.39, 0.29) is 18.0 Å². The minimum atomic E-state index is -3.47. The topological polar surface area (TPSA) is 75.4 Å². The summed E-state index contributed by atoms with van der Waals surface area (Å²) in [5.74, 6) is 0.294. The molecule has 3 rings (SSSR count). The molecule has 2 fully saturated rings. The maximum Gasteiger partial charge on any atom is 0.246 e. The lowest BCUT2D eigenvalue weighted by molar-refractivity contribution is -0.0764. The van der Waals surface area contributed by atoms with Crippen LogP contribution in [-0.2, 0) is 17.1 Å². The molecule has 94 valence electrons. The van der Waals surface area contributed by atoms with Gasteiger partial charge in [0.2, 0.25) is 10.0 Å². The van der Waals surface area contributed by atoms with Gasteiger partial charge < -0.3 is 5.11 Å². The monoisotopic (exact) mass is 257 g/mol. The molecule has 1 N–H and O–H groups in total. The second-order valence-electron chi connectivity index (χ2n) is 5.00. The quantitative estimate of drug-likeness (QED) is 0.797. The maximum absolute atomic E-state index is 12.1. The van der Waals surface area contributed by atoms with E-state index in [1.54, 1.807) is 7.05 Å². The van der Waals surface area contributed by atoms with E-state index in [9.17, 15) is 13.5 Å². The van der Waals surface area contributed by atoms with Crippen LogP contribution in [0.25, 0.3) is 0 Å². The van der Waals surface area contributed by atoms with Gasteiger partial charge in [-0.3, -0.25) is 4.68 Å². The number of hydrogen-bond acceptors (Lipinski definition) is 4. The predicted molar refractivity (Wildman–Crippen MR) is 59.6 cm³/mol. The molecular weight excluding hydrogens is 242 g/mol. The van der Waals surface area contributed by atoms with Gasteiger partial charge in [-0.2, -0.15) is 9.40 Å². The lowest BCUT2D eigenvalue weighted by Crippen LogP contribution is -2.64. The fourth-order valence-corrected chi connectivity index (χ4v) is 3.85. The molecule has 1 saturated heterocycles. The SMILES string of the molecule is Cn1cc(S(=O)(=O)N2CC(O)(C3CC3)C2)cn1. The minimum absolute atomic E-state index is 0.192. The summed E-state index contributed by atoms with van der Waals surface area (Å²) in [5.41, 5.74) is -0.782. The third-order valence-electron chi connectivity index (χ3n) is 3.56. The first-order valence-corrected chi connectivity index (χ1v) is 7.07. The molecule has 2 aliphatic rings. The van der Waals surface area contributed by atoms with Gasteiger partial charge in [-0.15, -0.1) is 0 Å². The van der Waals surface area contributed by atoms with Crippen molar-refractivity contribution in [3.63, 3.8) is 0 Å². The van der Waals surface area contributed by atoms with Gasteiger partial charge in [0.15, 0.2) is 0 Å². The van der Waals surface area contributed by atoms with Crippen LogP contribution in [-0.4, -0.2) is 46.3 Å². The number of rotatable bonds is 3. The van der Waals surface area contributed by atoms with Crippen molar-refractivity contribution in [3.8, 4) is 0 Å². The number of aromatic nitrogens is 2. The fourth-order valence-electron chi connectivity index (χ4n) is 2.29. The van der Waals surface area contributed by atoms with E-state index in [1.165, 1.54) is 21.4 Å². The molecular formula is C10H15N3O3S. The third-order valence-corrected chi connectivity index (χ3v) is 5.30. The summed E-state index contributed by atoms with van der Waals surface area (Å²) < 4.78 is 27.0. The van der Waals surface area contributed by atoms with E-state index < -0.39 is 15.6 Å². The second kappa shape index (κ2) is 3.30. The first-order valence-electron chi connectivity index (χ1n) is 5.63. The average molecular weight is 257 g/mol. The molecule has 1 aromatic heterocycles. The molecule has 1 aromatic rings. The van der Waals surface area contributed by atoms with Crippen LogP contribution in [0.2, 0.25) is 0 Å². The number of hydrogen-bond donors (Lipinski definition) is 1. The Balaban J connectivity index is 1.78. The van der Waals surface area contributed by atoms with Gasteiger partial charge in [-0.1, -0.05) is 0 Å². The summed E-state index contributed by atoms with van der Waals surface area (Å²) in [4.78, 5) is 0.192. The van der Waals surface area contributed by atoms with E-state index in [1.807, 2.05) is 0 Å². The van der Waals surface area contributed by atoms with Gasteiger partial charge in [0.05, 0.1) is 11.8 Å². The number of sulfonamides is 1. The summed E-state index contributed by atoms with van der Waals surface area (Å²) in [6.07, 6.45) is 4.84. The smallest absolute Gasteiger partial charge is 0.246 e. The van der Waals surface area contributed by atoms with Gasteiger partial charge in [-0.25, -0.2) is 8.42 Å². The van der Waals surface area contributed by atoms with Crippen molar-refractivity contribution in [3.05, 3.63) is 12.4 Å². The van der Waals surface area contributed by atoms with Crippen LogP contribution in [0.15, 0.2) is 17.3 Å². The van der Waals surface area contributed by atoms with Crippen molar-refractivity contribution in [2.45, 2.75) is 23.3 Å². The Morgan fingerprint density at radius 3 is 2.59 bits per heavy atom. The Labute approximate surface area is 99.9 Å². The van der Waals surface area contributed by atoms with Crippen molar-refractivity contribution in [1.29, 1.82) is 0 Å². The van der Waals surface area contributed by atoms with Crippen LogP contribution < -0.4 is 0 Å². The first-order chi connectivity index (χ1) is 7.92. The third kappa shape index (κ3) is 1.69. The minimum Gasteiger partial charge on any atom is -0.387 e. The molecule has 0 amide bonds. The summed E-state index contributed by atoms with van der Waals surface area (Å²) in [7, 11) is -1.79. The van der Waals surface area contributed by atoms with E-state index in [2.05, 4.69) is 5.10 Å². The van der Waals surface area contributed by atoms with Gasteiger partial charge in [-0.05, 0) is 18.8 Å². The Morgan fingerprint density at radius 2 is 2.12 bits per heavy atom. The summed E-state index contributed by atoms with van der Waals surface area (Å²) in [6, 6.07) is 0. The highest BCUT2D eigenvalue weighted by Gasteiger charge is 2.55. The van der Waals surface area contributed by atoms with E-state index >= 15 is 0 Å². The van der Waals surface area contributed by atoms with E-state index in [0.29, 0.717) is 5.92 Å². The Morgan fingerprint density at radius 1 is 1.47 bits per heavy atom. The van der Waals surface area contributed by atoms with Crippen molar-refractivity contribution >= 4 is 10.0 Å². The van der Waals surface area contributed by atoms with Gasteiger partial charge in [0.25, 0.3) is 0 Å². The second-order valence-corrected chi connectivity index (χ2v) is 6.94. The molecule has 7 heteroatoms. The molecule has 1 saturated carbocycles. The van der Waals surface area contributed by atoms with Crippen LogP contribution in [0, 0.1) is 5.92 Å². The zero-order valence-corrected chi connectivity index (χ0v) is 10.4. The van der Waals surface area contributed by atoms with Crippen LogP contribution in [0.4, 0.5) is 0 Å². The fraction of sp³-hybridized carbons (Fsp3) is 0.700. The molecule has 0 spiro atoms. The molecule has 0 aromatic carbocycles. The number of β-amino-alcohol motifs (C(OH)–C–C–N with tert-alkyl or cyclic N) is 1. The molecule has 2 heterocycles. The molecule has 0 atom stereocenters. The highest BCUT2D eigenvalue weighted by atomic mass is 32.2. The van der Waals surface area contributed by atoms with Gasteiger partial charge in [0.1, 0.15) is 4.90 Å². The van der Waals surface area contributed by atoms with Crippen LogP contribution in [0.5, 0.6) is 0 Å². The van der Waals surface area contributed by atoms with Crippen LogP contribution >= 0.6 is 0 Å². The standard InChI is InChI=1S/C10H15N3O3S/c1-12-5-9(4-11-12)17(15,16)13-6-10(14,7-13)8-2-3-8/h4-5,8,14H,2-3,6-7H2,1H3. The van der Waals surface area contributed by atoms with Crippen LogP contribution in [0.3, 0.4) is 0 Å². The Bertz CT molecular complexity index is 541. The molecule has 0 bridgehead atoms. The molecule has 1 aliphatic heterocycles. The van der Waals surface area contributed by atoms with Gasteiger partial charge >= 0.3 is 0 Å². The number of nitrogens with zero attached hydrogens (tertiary/aromatic N) is 3. The predicted octanol–water partition coefficient (Wildman–Crippen LogP) is -0.435. The van der Waals surface area contributed by atoms with Crippen molar-refractivity contribution in [2.24, 2.45) is 13.0 Å². The lowest BCUT2D eigenvalue weighted by Gasteiger charge is -2.45. The number of aliphatic hydroxyl groups is 1. The first kappa shape index (κ1) is 11.2.